The summed E-state index contributed by atoms with van der Waals surface area (Å²) < 4.78 is 1.99. The van der Waals surface area contributed by atoms with Crippen LogP contribution in [-0.2, 0) is 17.8 Å². The molecule has 1 atom stereocenters. The van der Waals surface area contributed by atoms with E-state index in [9.17, 15) is 9.59 Å². The molecule has 8 heteroatoms. The minimum absolute atomic E-state index is 0.366. The number of nitrogens with zero attached hydrogens (tertiary/aromatic N) is 3. The molecule has 2 N–H and O–H groups in total. The molecule has 24 heavy (non-hydrogen) atoms. The van der Waals surface area contributed by atoms with E-state index in [0.29, 0.717) is 18.1 Å². The van der Waals surface area contributed by atoms with Gasteiger partial charge < -0.3 is 9.88 Å². The number of thioether (sulfide) groups is 1. The first-order valence-electron chi connectivity index (χ1n) is 7.70. The molecule has 0 saturated carbocycles. The van der Waals surface area contributed by atoms with Gasteiger partial charge in [-0.3, -0.25) is 10.1 Å². The third-order valence-corrected chi connectivity index (χ3v) is 4.51. The molecule has 0 bridgehead atoms. The molecule has 1 heterocycles. The monoisotopic (exact) mass is 347 g/mol. The van der Waals surface area contributed by atoms with Crippen molar-refractivity contribution in [3.05, 3.63) is 41.7 Å². The molecule has 3 amide bonds. The van der Waals surface area contributed by atoms with Crippen LogP contribution in [0.15, 0.2) is 35.5 Å². The van der Waals surface area contributed by atoms with Crippen LogP contribution in [0, 0.1) is 0 Å². The Morgan fingerprint density at radius 2 is 1.96 bits per heavy atom. The van der Waals surface area contributed by atoms with Crippen molar-refractivity contribution >= 4 is 23.7 Å². The predicted octanol–water partition coefficient (Wildman–Crippen LogP) is 1.82. The van der Waals surface area contributed by atoms with Gasteiger partial charge in [-0.1, -0.05) is 42.1 Å². The predicted molar refractivity (Wildman–Crippen MR) is 92.9 cm³/mol. The molecule has 1 aromatic heterocycles. The fourth-order valence-electron chi connectivity index (χ4n) is 2.12. The van der Waals surface area contributed by atoms with Gasteiger partial charge in [0, 0.05) is 20.0 Å². The van der Waals surface area contributed by atoms with E-state index >= 15 is 0 Å². The Hall–Kier alpha value is -2.35. The van der Waals surface area contributed by atoms with Crippen molar-refractivity contribution in [1.29, 1.82) is 0 Å². The Morgan fingerprint density at radius 1 is 1.25 bits per heavy atom. The highest BCUT2D eigenvalue weighted by Gasteiger charge is 2.20. The molecule has 0 aliphatic heterocycles. The number of carbonyl (C=O) groups is 2. The molecule has 128 valence electrons. The van der Waals surface area contributed by atoms with E-state index in [0.717, 1.165) is 11.4 Å². The van der Waals surface area contributed by atoms with Crippen molar-refractivity contribution in [3.63, 3.8) is 0 Å². The molecule has 0 aliphatic carbocycles. The summed E-state index contributed by atoms with van der Waals surface area (Å²) in [5, 5.41) is 13.3. The van der Waals surface area contributed by atoms with Crippen LogP contribution in [-0.4, -0.2) is 39.0 Å². The highest BCUT2D eigenvalue weighted by molar-refractivity contribution is 8.00. The highest BCUT2D eigenvalue weighted by Crippen LogP contribution is 2.23. The second-order valence-electron chi connectivity index (χ2n) is 5.13. The fraction of sp³-hybridized carbons (Fsp3) is 0.375. The average molecular weight is 347 g/mol. The van der Waals surface area contributed by atoms with Crippen LogP contribution in [0.2, 0.25) is 0 Å². The number of hydrogen-bond donors (Lipinski definition) is 2. The third-order valence-electron chi connectivity index (χ3n) is 3.43. The summed E-state index contributed by atoms with van der Waals surface area (Å²) in [6, 6.07) is 9.52. The van der Waals surface area contributed by atoms with Crippen LogP contribution in [0.5, 0.6) is 0 Å². The van der Waals surface area contributed by atoms with Gasteiger partial charge in [-0.2, -0.15) is 0 Å². The molecular formula is C16H21N5O2S. The zero-order valence-corrected chi connectivity index (χ0v) is 14.8. The van der Waals surface area contributed by atoms with Crippen LogP contribution in [0.25, 0.3) is 0 Å². The summed E-state index contributed by atoms with van der Waals surface area (Å²) in [5.41, 5.74) is 1.15. The lowest BCUT2D eigenvalue weighted by molar-refractivity contribution is -0.119. The van der Waals surface area contributed by atoms with Crippen LogP contribution in [0.1, 0.15) is 25.2 Å². The average Bonchev–Trinajstić information content (AvgIpc) is 2.96. The fourth-order valence-corrected chi connectivity index (χ4v) is 3.05. The Bertz CT molecular complexity index is 702. The number of aromatic nitrogens is 3. The lowest BCUT2D eigenvalue weighted by Gasteiger charge is -2.12. The van der Waals surface area contributed by atoms with E-state index in [-0.39, 0.29) is 5.91 Å². The number of urea groups is 1. The lowest BCUT2D eigenvalue weighted by atomic mass is 10.1. The third kappa shape index (κ3) is 4.58. The maximum atomic E-state index is 12.0. The van der Waals surface area contributed by atoms with E-state index < -0.39 is 11.3 Å². The van der Waals surface area contributed by atoms with E-state index in [1.807, 2.05) is 41.8 Å². The lowest BCUT2D eigenvalue weighted by Crippen LogP contribution is -2.41. The first-order valence-corrected chi connectivity index (χ1v) is 8.58. The molecule has 0 saturated heterocycles. The van der Waals surface area contributed by atoms with Crippen molar-refractivity contribution in [1.82, 2.24) is 25.4 Å². The van der Waals surface area contributed by atoms with Crippen LogP contribution in [0.4, 0.5) is 4.79 Å². The topological polar surface area (TPSA) is 88.9 Å². The minimum atomic E-state index is -0.519. The number of carbonyl (C=O) groups excluding carboxylic acids is 2. The zero-order chi connectivity index (χ0) is 17.5. The minimum Gasteiger partial charge on any atom is -0.341 e. The van der Waals surface area contributed by atoms with Gasteiger partial charge in [-0.25, -0.2) is 4.79 Å². The van der Waals surface area contributed by atoms with Crippen molar-refractivity contribution in [2.24, 2.45) is 0 Å². The molecule has 0 aliphatic rings. The van der Waals surface area contributed by atoms with Gasteiger partial charge in [-0.15, -0.1) is 10.2 Å². The first-order chi connectivity index (χ1) is 11.5. The molecular weight excluding hydrogens is 326 g/mol. The van der Waals surface area contributed by atoms with Gasteiger partial charge in [-0.05, 0) is 19.4 Å². The van der Waals surface area contributed by atoms with Crippen molar-refractivity contribution < 1.29 is 9.59 Å². The Morgan fingerprint density at radius 3 is 2.58 bits per heavy atom. The number of nitrogens with one attached hydrogen (secondary N) is 2. The number of imide groups is 1. The molecule has 1 aromatic carbocycles. The van der Waals surface area contributed by atoms with Crippen LogP contribution < -0.4 is 10.6 Å². The maximum absolute atomic E-state index is 12.0. The van der Waals surface area contributed by atoms with E-state index in [1.165, 1.54) is 18.8 Å². The van der Waals surface area contributed by atoms with Gasteiger partial charge in [0.05, 0.1) is 5.25 Å². The molecule has 0 fully saturated rings. The molecule has 2 aromatic rings. The second-order valence-corrected chi connectivity index (χ2v) is 6.44. The Balaban J connectivity index is 2.08. The molecule has 1 unspecified atom stereocenters. The number of rotatable bonds is 6. The normalized spacial score (nSPS) is 11.8. The van der Waals surface area contributed by atoms with Gasteiger partial charge in [0.25, 0.3) is 0 Å². The number of hydrogen-bond acceptors (Lipinski definition) is 5. The Kier molecular flexibility index (Phi) is 6.36. The quantitative estimate of drug-likeness (QED) is 0.778. The van der Waals surface area contributed by atoms with Crippen LogP contribution >= 0.6 is 11.8 Å². The van der Waals surface area contributed by atoms with Crippen molar-refractivity contribution in [3.8, 4) is 0 Å². The summed E-state index contributed by atoms with van der Waals surface area (Å²) in [6.07, 6.45) is 0.682. The maximum Gasteiger partial charge on any atom is 0.321 e. The number of amides is 3. The summed E-state index contributed by atoms with van der Waals surface area (Å²) in [7, 11) is 1.46. The molecule has 0 radical (unpaired) electrons. The summed E-state index contributed by atoms with van der Waals surface area (Å²) in [4.78, 5) is 23.2. The second kappa shape index (κ2) is 8.49. The SMILES string of the molecule is CCn1c(Cc2ccccc2)nnc1SC(C)C(=O)NC(=O)NC. The Labute approximate surface area is 145 Å². The van der Waals surface area contributed by atoms with Gasteiger partial charge >= 0.3 is 6.03 Å². The van der Waals surface area contributed by atoms with Gasteiger partial charge in [0.15, 0.2) is 5.16 Å². The van der Waals surface area contributed by atoms with E-state index in [1.54, 1.807) is 6.92 Å². The number of benzene rings is 1. The van der Waals surface area contributed by atoms with Gasteiger partial charge in [0.1, 0.15) is 5.82 Å². The summed E-state index contributed by atoms with van der Waals surface area (Å²) in [5.74, 6) is 0.486. The van der Waals surface area contributed by atoms with Crippen molar-refractivity contribution in [2.45, 2.75) is 37.2 Å². The largest absolute Gasteiger partial charge is 0.341 e. The first kappa shape index (κ1) is 18.0. The highest BCUT2D eigenvalue weighted by atomic mass is 32.2. The molecule has 2 rings (SSSR count). The molecule has 0 spiro atoms. The van der Waals surface area contributed by atoms with E-state index in [4.69, 9.17) is 0 Å². The summed E-state index contributed by atoms with van der Waals surface area (Å²) >= 11 is 1.28. The zero-order valence-electron chi connectivity index (χ0n) is 13.9. The standard InChI is InChI=1S/C16H21N5O2S/c1-4-21-13(10-12-8-6-5-7-9-12)19-20-16(21)24-11(2)14(22)18-15(23)17-3/h5-9,11H,4,10H2,1-3H3,(H2,17,18,22,23). The summed E-state index contributed by atoms with van der Waals surface area (Å²) in [6.45, 7) is 4.45. The van der Waals surface area contributed by atoms with Gasteiger partial charge in [0.2, 0.25) is 5.91 Å². The van der Waals surface area contributed by atoms with E-state index in [2.05, 4.69) is 20.8 Å². The van der Waals surface area contributed by atoms with Crippen LogP contribution in [0.3, 0.4) is 0 Å². The van der Waals surface area contributed by atoms with Crippen molar-refractivity contribution in [2.75, 3.05) is 7.05 Å². The molecule has 7 nitrogen and oxygen atoms in total. The smallest absolute Gasteiger partial charge is 0.321 e.